The molecule has 2 atom stereocenters. The third kappa shape index (κ3) is 2.42. The van der Waals surface area contributed by atoms with Crippen molar-refractivity contribution in [2.24, 2.45) is 5.41 Å². The summed E-state index contributed by atoms with van der Waals surface area (Å²) in [4.78, 5) is 26.4. The van der Waals surface area contributed by atoms with E-state index < -0.39 is 5.41 Å². The standard InChI is InChI=1S/C23H22O3/c1-2-26-22(25)20-13-12-19(17-9-4-3-5-10-17)23(20)15-14-16-8-6-7-11-18(16)21(23)24/h3-11,13,19H,2,12,14-15H2,1H3/t19-,23-/m0/s1. The van der Waals surface area contributed by atoms with Crippen molar-refractivity contribution in [2.45, 2.75) is 32.1 Å². The van der Waals surface area contributed by atoms with Gasteiger partial charge in [-0.2, -0.15) is 0 Å². The number of hydrogen-bond acceptors (Lipinski definition) is 3. The van der Waals surface area contributed by atoms with Crippen molar-refractivity contribution in [3.05, 3.63) is 82.9 Å². The molecule has 132 valence electrons. The maximum absolute atomic E-state index is 13.7. The fourth-order valence-corrected chi connectivity index (χ4v) is 4.62. The molecule has 4 rings (SSSR count). The van der Waals surface area contributed by atoms with Crippen LogP contribution in [0, 0.1) is 5.41 Å². The van der Waals surface area contributed by atoms with Gasteiger partial charge in [-0.1, -0.05) is 60.7 Å². The van der Waals surface area contributed by atoms with Crippen LogP contribution in [0.25, 0.3) is 0 Å². The summed E-state index contributed by atoms with van der Waals surface area (Å²) in [5, 5.41) is 0. The molecule has 2 aliphatic carbocycles. The van der Waals surface area contributed by atoms with E-state index in [2.05, 4.69) is 12.1 Å². The van der Waals surface area contributed by atoms with Gasteiger partial charge in [0.05, 0.1) is 12.0 Å². The van der Waals surface area contributed by atoms with Gasteiger partial charge in [-0.15, -0.1) is 0 Å². The van der Waals surface area contributed by atoms with Crippen LogP contribution in [0.2, 0.25) is 0 Å². The zero-order valence-electron chi connectivity index (χ0n) is 14.9. The zero-order valence-corrected chi connectivity index (χ0v) is 14.9. The Morgan fingerprint density at radius 2 is 1.85 bits per heavy atom. The number of carbonyl (C=O) groups excluding carboxylic acids is 2. The molecular formula is C23H22O3. The Hall–Kier alpha value is -2.68. The van der Waals surface area contributed by atoms with Crippen LogP contribution in [0.3, 0.4) is 0 Å². The molecule has 0 saturated carbocycles. The summed E-state index contributed by atoms with van der Waals surface area (Å²) in [6.45, 7) is 2.11. The molecule has 2 aliphatic rings. The number of ether oxygens (including phenoxy) is 1. The molecule has 0 N–H and O–H groups in total. The molecule has 0 aliphatic heterocycles. The Balaban J connectivity index is 1.85. The summed E-state index contributed by atoms with van der Waals surface area (Å²) in [6, 6.07) is 17.8. The Morgan fingerprint density at radius 1 is 1.12 bits per heavy atom. The van der Waals surface area contributed by atoms with Gasteiger partial charge in [0.2, 0.25) is 0 Å². The average Bonchev–Trinajstić information content (AvgIpc) is 3.06. The highest BCUT2D eigenvalue weighted by Crippen LogP contribution is 2.56. The maximum Gasteiger partial charge on any atom is 0.334 e. The summed E-state index contributed by atoms with van der Waals surface area (Å²) in [5.74, 6) is -0.312. The molecule has 0 radical (unpaired) electrons. The highest BCUT2D eigenvalue weighted by molar-refractivity contribution is 6.11. The van der Waals surface area contributed by atoms with Crippen molar-refractivity contribution < 1.29 is 14.3 Å². The molecule has 0 fully saturated rings. The molecule has 1 spiro atoms. The second-order valence-corrected chi connectivity index (χ2v) is 6.99. The van der Waals surface area contributed by atoms with Gasteiger partial charge in [0.25, 0.3) is 0 Å². The van der Waals surface area contributed by atoms with E-state index in [0.29, 0.717) is 25.0 Å². The molecule has 0 saturated heterocycles. The van der Waals surface area contributed by atoms with Crippen molar-refractivity contribution >= 4 is 11.8 Å². The van der Waals surface area contributed by atoms with Gasteiger partial charge in [0.15, 0.2) is 5.78 Å². The monoisotopic (exact) mass is 346 g/mol. The first-order valence-electron chi connectivity index (χ1n) is 9.24. The van der Waals surface area contributed by atoms with Crippen molar-refractivity contribution in [1.82, 2.24) is 0 Å². The van der Waals surface area contributed by atoms with E-state index in [0.717, 1.165) is 23.1 Å². The number of fused-ring (bicyclic) bond motifs is 1. The van der Waals surface area contributed by atoms with Crippen molar-refractivity contribution in [2.75, 3.05) is 6.61 Å². The second-order valence-electron chi connectivity index (χ2n) is 6.99. The third-order valence-corrected chi connectivity index (χ3v) is 5.79. The van der Waals surface area contributed by atoms with E-state index in [9.17, 15) is 9.59 Å². The molecule has 2 aromatic carbocycles. The van der Waals surface area contributed by atoms with Crippen LogP contribution < -0.4 is 0 Å². The van der Waals surface area contributed by atoms with Gasteiger partial charge in [-0.05, 0) is 37.3 Å². The second kappa shape index (κ2) is 6.56. The zero-order chi connectivity index (χ0) is 18.1. The first-order chi connectivity index (χ1) is 12.7. The Morgan fingerprint density at radius 3 is 2.62 bits per heavy atom. The molecule has 0 heterocycles. The number of rotatable bonds is 3. The summed E-state index contributed by atoms with van der Waals surface area (Å²) in [5.41, 5.74) is 2.66. The fourth-order valence-electron chi connectivity index (χ4n) is 4.62. The summed E-state index contributed by atoms with van der Waals surface area (Å²) in [7, 11) is 0. The lowest BCUT2D eigenvalue weighted by Gasteiger charge is -2.40. The number of carbonyl (C=O) groups is 2. The number of Topliss-reactive ketones (excluding diaryl/α,β-unsaturated/α-hetero) is 1. The van der Waals surface area contributed by atoms with E-state index in [1.165, 1.54) is 0 Å². The Bertz CT molecular complexity index is 881. The number of hydrogen-bond donors (Lipinski definition) is 0. The predicted octanol–water partition coefficient (Wildman–Crippen LogP) is 4.48. The Labute approximate surface area is 153 Å². The van der Waals surface area contributed by atoms with Crippen molar-refractivity contribution in [3.63, 3.8) is 0 Å². The van der Waals surface area contributed by atoms with Gasteiger partial charge in [-0.25, -0.2) is 4.79 Å². The lowest BCUT2D eigenvalue weighted by molar-refractivity contribution is -0.139. The Kier molecular flexibility index (Phi) is 4.23. The lowest BCUT2D eigenvalue weighted by atomic mass is 9.60. The van der Waals surface area contributed by atoms with E-state index in [-0.39, 0.29) is 17.7 Å². The smallest absolute Gasteiger partial charge is 0.334 e. The lowest BCUT2D eigenvalue weighted by Crippen LogP contribution is -2.42. The van der Waals surface area contributed by atoms with Crippen LogP contribution >= 0.6 is 0 Å². The van der Waals surface area contributed by atoms with E-state index >= 15 is 0 Å². The average molecular weight is 346 g/mol. The minimum Gasteiger partial charge on any atom is -0.463 e. The first-order valence-corrected chi connectivity index (χ1v) is 9.24. The summed E-state index contributed by atoms with van der Waals surface area (Å²) >= 11 is 0. The van der Waals surface area contributed by atoms with Gasteiger partial charge in [0.1, 0.15) is 0 Å². The molecule has 3 nitrogen and oxygen atoms in total. The number of esters is 1. The SMILES string of the molecule is CCOC(=O)C1=CC[C@@H](c2ccccc2)[C@@]12CCc1ccccc1C2=O. The molecule has 0 bridgehead atoms. The molecule has 0 amide bonds. The fraction of sp³-hybridized carbons (Fsp3) is 0.304. The van der Waals surface area contributed by atoms with Crippen LogP contribution in [-0.2, 0) is 16.0 Å². The third-order valence-electron chi connectivity index (χ3n) is 5.79. The highest BCUT2D eigenvalue weighted by atomic mass is 16.5. The molecule has 0 unspecified atom stereocenters. The topological polar surface area (TPSA) is 43.4 Å². The van der Waals surface area contributed by atoms with Crippen molar-refractivity contribution in [3.8, 4) is 0 Å². The van der Waals surface area contributed by atoms with Crippen LogP contribution in [0.4, 0.5) is 0 Å². The van der Waals surface area contributed by atoms with Gasteiger partial charge >= 0.3 is 5.97 Å². The normalized spacial score (nSPS) is 24.3. The number of aryl methyl sites for hydroxylation is 1. The summed E-state index contributed by atoms with van der Waals surface area (Å²) < 4.78 is 5.31. The van der Waals surface area contributed by atoms with Crippen LogP contribution in [0.1, 0.15) is 47.2 Å². The molecule has 3 heteroatoms. The molecular weight excluding hydrogens is 324 g/mol. The van der Waals surface area contributed by atoms with E-state index in [4.69, 9.17) is 4.74 Å². The maximum atomic E-state index is 13.7. The molecule has 26 heavy (non-hydrogen) atoms. The number of allylic oxidation sites excluding steroid dienone is 1. The van der Waals surface area contributed by atoms with Crippen molar-refractivity contribution in [1.29, 1.82) is 0 Å². The van der Waals surface area contributed by atoms with Crippen LogP contribution in [0.5, 0.6) is 0 Å². The van der Waals surface area contributed by atoms with Crippen LogP contribution in [-0.4, -0.2) is 18.4 Å². The highest BCUT2D eigenvalue weighted by Gasteiger charge is 2.55. The van der Waals surface area contributed by atoms with E-state index in [1.54, 1.807) is 6.92 Å². The largest absolute Gasteiger partial charge is 0.463 e. The first kappa shape index (κ1) is 16.8. The van der Waals surface area contributed by atoms with Gasteiger partial charge < -0.3 is 4.74 Å². The number of benzene rings is 2. The molecule has 0 aromatic heterocycles. The minimum absolute atomic E-state index is 0.0241. The van der Waals surface area contributed by atoms with E-state index in [1.807, 2.05) is 48.5 Å². The van der Waals surface area contributed by atoms with Gasteiger partial charge in [0, 0.05) is 17.1 Å². The van der Waals surface area contributed by atoms with Crippen LogP contribution in [0.15, 0.2) is 66.2 Å². The quantitative estimate of drug-likeness (QED) is 0.770. The number of ketones is 1. The molecule has 2 aromatic rings. The summed E-state index contributed by atoms with van der Waals surface area (Å²) in [6.07, 6.45) is 4.06. The minimum atomic E-state index is -0.817. The van der Waals surface area contributed by atoms with Gasteiger partial charge in [-0.3, -0.25) is 4.79 Å². The predicted molar refractivity (Wildman–Crippen MR) is 100 cm³/mol.